The Labute approximate surface area is 122 Å². The fraction of sp³-hybridized carbons (Fsp3) is 0. The highest BCUT2D eigenvalue weighted by Crippen LogP contribution is 2.28. The Bertz CT molecular complexity index is 853. The van der Waals surface area contributed by atoms with E-state index >= 15 is 0 Å². The molecule has 0 heterocycles. The number of aldehydes is 2. The van der Waals surface area contributed by atoms with Crippen LogP contribution in [-0.2, 0) is 0 Å². The summed E-state index contributed by atoms with van der Waals surface area (Å²) in [5.41, 5.74) is 9.40. The predicted molar refractivity (Wildman–Crippen MR) is 84.6 cm³/mol. The number of anilines is 1. The van der Waals surface area contributed by atoms with Crippen LogP contribution in [0.15, 0.2) is 54.6 Å². The molecule has 3 aromatic rings. The molecule has 21 heavy (non-hydrogen) atoms. The van der Waals surface area contributed by atoms with E-state index in [2.05, 4.69) is 0 Å². The number of nitrogen functional groups attached to an aromatic ring is 1. The Balaban J connectivity index is 2.19. The van der Waals surface area contributed by atoms with Gasteiger partial charge < -0.3 is 5.73 Å². The van der Waals surface area contributed by atoms with Gasteiger partial charge in [0, 0.05) is 16.8 Å². The quantitative estimate of drug-likeness (QED) is 0.585. The molecule has 3 nitrogen and oxygen atoms in total. The van der Waals surface area contributed by atoms with Crippen molar-refractivity contribution < 1.29 is 9.59 Å². The maximum atomic E-state index is 11.2. The van der Waals surface area contributed by atoms with E-state index in [1.165, 1.54) is 0 Å². The van der Waals surface area contributed by atoms with Crippen LogP contribution in [0.1, 0.15) is 20.7 Å². The minimum Gasteiger partial charge on any atom is -0.398 e. The van der Waals surface area contributed by atoms with Crippen LogP contribution in [0.25, 0.3) is 21.9 Å². The van der Waals surface area contributed by atoms with Crippen LogP contribution in [0, 0.1) is 0 Å². The second-order valence-electron chi connectivity index (χ2n) is 4.87. The lowest BCUT2D eigenvalue weighted by atomic mass is 9.97. The van der Waals surface area contributed by atoms with Crippen LogP contribution < -0.4 is 5.73 Å². The molecule has 0 aromatic heterocycles. The summed E-state index contributed by atoms with van der Waals surface area (Å²) in [4.78, 5) is 22.0. The van der Waals surface area contributed by atoms with Crippen molar-refractivity contribution >= 4 is 29.0 Å². The van der Waals surface area contributed by atoms with Crippen LogP contribution >= 0.6 is 0 Å². The van der Waals surface area contributed by atoms with E-state index in [-0.39, 0.29) is 0 Å². The first kappa shape index (κ1) is 13.1. The third-order valence-corrected chi connectivity index (χ3v) is 3.57. The van der Waals surface area contributed by atoms with Gasteiger partial charge in [0.25, 0.3) is 0 Å². The molecule has 3 rings (SSSR count). The van der Waals surface area contributed by atoms with Gasteiger partial charge >= 0.3 is 0 Å². The van der Waals surface area contributed by atoms with Crippen molar-refractivity contribution in [2.75, 3.05) is 5.73 Å². The SMILES string of the molecule is Nc1ccc2cc(-c3cccc(C=O)c3)ccc2c1C=O. The number of fused-ring (bicyclic) bond motifs is 1. The van der Waals surface area contributed by atoms with Crippen LogP contribution in [0.3, 0.4) is 0 Å². The molecule has 102 valence electrons. The van der Waals surface area contributed by atoms with Gasteiger partial charge in [0.05, 0.1) is 0 Å². The fourth-order valence-electron chi connectivity index (χ4n) is 2.47. The zero-order valence-corrected chi connectivity index (χ0v) is 11.2. The van der Waals surface area contributed by atoms with Gasteiger partial charge in [0.15, 0.2) is 6.29 Å². The van der Waals surface area contributed by atoms with Crippen LogP contribution in [-0.4, -0.2) is 12.6 Å². The largest absolute Gasteiger partial charge is 0.398 e. The summed E-state index contributed by atoms with van der Waals surface area (Å²) in [5, 5.41) is 1.78. The maximum absolute atomic E-state index is 11.2. The van der Waals surface area contributed by atoms with Gasteiger partial charge in [-0.05, 0) is 40.1 Å². The molecule has 0 radical (unpaired) electrons. The molecule has 0 spiro atoms. The highest BCUT2D eigenvalue weighted by molar-refractivity contribution is 6.04. The molecule has 0 unspecified atom stereocenters. The summed E-state index contributed by atoms with van der Waals surface area (Å²) >= 11 is 0. The van der Waals surface area contributed by atoms with E-state index < -0.39 is 0 Å². The minimum atomic E-state index is 0.480. The lowest BCUT2D eigenvalue weighted by Gasteiger charge is -2.08. The van der Waals surface area contributed by atoms with E-state index in [0.29, 0.717) is 16.8 Å². The monoisotopic (exact) mass is 275 g/mol. The molecule has 0 aliphatic rings. The lowest BCUT2D eigenvalue weighted by molar-refractivity contribution is 0.111. The second kappa shape index (κ2) is 5.21. The predicted octanol–water partition coefficient (Wildman–Crippen LogP) is 3.71. The van der Waals surface area contributed by atoms with Crippen molar-refractivity contribution in [2.45, 2.75) is 0 Å². The molecule has 2 N–H and O–H groups in total. The molecule has 0 aliphatic carbocycles. The molecule has 3 heteroatoms. The first-order valence-corrected chi connectivity index (χ1v) is 6.56. The van der Waals surface area contributed by atoms with Gasteiger partial charge in [-0.2, -0.15) is 0 Å². The van der Waals surface area contributed by atoms with E-state index in [0.717, 1.165) is 34.5 Å². The summed E-state index contributed by atoms with van der Waals surface area (Å²) < 4.78 is 0. The molecule has 0 bridgehead atoms. The first-order chi connectivity index (χ1) is 10.2. The molecule has 0 atom stereocenters. The summed E-state index contributed by atoms with van der Waals surface area (Å²) in [6.45, 7) is 0. The summed E-state index contributed by atoms with van der Waals surface area (Å²) in [6.07, 6.45) is 1.61. The zero-order valence-electron chi connectivity index (χ0n) is 11.2. The van der Waals surface area contributed by atoms with Crippen molar-refractivity contribution in [3.63, 3.8) is 0 Å². The Kier molecular flexibility index (Phi) is 3.24. The number of nitrogens with two attached hydrogens (primary N) is 1. The standard InChI is InChI=1S/C18H13NO2/c19-18-7-5-15-9-14(4-6-16(15)17(18)11-21)13-3-1-2-12(8-13)10-20/h1-11H,19H2. The maximum Gasteiger partial charge on any atom is 0.152 e. The van der Waals surface area contributed by atoms with Crippen molar-refractivity contribution in [1.29, 1.82) is 0 Å². The minimum absolute atomic E-state index is 0.480. The molecule has 0 amide bonds. The lowest BCUT2D eigenvalue weighted by Crippen LogP contribution is -1.94. The Morgan fingerprint density at radius 1 is 0.810 bits per heavy atom. The van der Waals surface area contributed by atoms with Gasteiger partial charge in [-0.15, -0.1) is 0 Å². The molecular weight excluding hydrogens is 262 g/mol. The van der Waals surface area contributed by atoms with E-state index in [1.54, 1.807) is 12.1 Å². The van der Waals surface area contributed by atoms with Gasteiger partial charge in [-0.1, -0.05) is 36.4 Å². The third-order valence-electron chi connectivity index (χ3n) is 3.57. The van der Waals surface area contributed by atoms with Gasteiger partial charge in [0.1, 0.15) is 6.29 Å². The Morgan fingerprint density at radius 2 is 1.62 bits per heavy atom. The normalized spacial score (nSPS) is 10.5. The smallest absolute Gasteiger partial charge is 0.152 e. The molecular formula is C18H13NO2. The van der Waals surface area contributed by atoms with E-state index in [1.807, 2.05) is 42.5 Å². The average molecular weight is 275 g/mol. The van der Waals surface area contributed by atoms with Crippen molar-refractivity contribution in [3.05, 3.63) is 65.7 Å². The molecule has 3 aromatic carbocycles. The average Bonchev–Trinajstić information content (AvgIpc) is 2.54. The van der Waals surface area contributed by atoms with Gasteiger partial charge in [-0.3, -0.25) is 9.59 Å². The van der Waals surface area contributed by atoms with Crippen molar-refractivity contribution in [3.8, 4) is 11.1 Å². The van der Waals surface area contributed by atoms with Crippen LogP contribution in [0.4, 0.5) is 5.69 Å². The number of carbonyl (C=O) groups is 2. The van der Waals surface area contributed by atoms with Crippen LogP contribution in [0.5, 0.6) is 0 Å². The van der Waals surface area contributed by atoms with Gasteiger partial charge in [-0.25, -0.2) is 0 Å². The number of hydrogen-bond donors (Lipinski definition) is 1. The molecule has 0 saturated carbocycles. The number of rotatable bonds is 3. The zero-order chi connectivity index (χ0) is 14.8. The van der Waals surface area contributed by atoms with Gasteiger partial charge in [0.2, 0.25) is 0 Å². The highest BCUT2D eigenvalue weighted by Gasteiger charge is 2.06. The molecule has 0 aliphatic heterocycles. The summed E-state index contributed by atoms with van der Waals surface area (Å²) in [6, 6.07) is 16.8. The number of hydrogen-bond acceptors (Lipinski definition) is 3. The van der Waals surface area contributed by atoms with E-state index in [4.69, 9.17) is 5.73 Å². The summed E-state index contributed by atoms with van der Waals surface area (Å²) in [7, 11) is 0. The van der Waals surface area contributed by atoms with Crippen molar-refractivity contribution in [1.82, 2.24) is 0 Å². The highest BCUT2D eigenvalue weighted by atomic mass is 16.1. The number of benzene rings is 3. The third kappa shape index (κ3) is 2.30. The number of carbonyl (C=O) groups excluding carboxylic acids is 2. The topological polar surface area (TPSA) is 60.2 Å². The molecule has 0 saturated heterocycles. The van der Waals surface area contributed by atoms with E-state index in [9.17, 15) is 9.59 Å². The van der Waals surface area contributed by atoms with Crippen molar-refractivity contribution in [2.24, 2.45) is 0 Å². The Morgan fingerprint density at radius 3 is 2.38 bits per heavy atom. The van der Waals surface area contributed by atoms with Crippen LogP contribution in [0.2, 0.25) is 0 Å². The molecule has 0 fully saturated rings. The summed E-state index contributed by atoms with van der Waals surface area (Å²) in [5.74, 6) is 0. The first-order valence-electron chi connectivity index (χ1n) is 6.56. The fourth-order valence-corrected chi connectivity index (χ4v) is 2.47. The Hall–Kier alpha value is -2.94. The second-order valence-corrected chi connectivity index (χ2v) is 4.87.